The Bertz CT molecular complexity index is 662. The fourth-order valence-electron chi connectivity index (χ4n) is 2.37. The minimum absolute atomic E-state index is 0.0390. The minimum atomic E-state index is -0.0390. The second-order valence-corrected chi connectivity index (χ2v) is 5.14. The van der Waals surface area contributed by atoms with Crippen LogP contribution in [-0.2, 0) is 19.5 Å². The third-order valence-electron chi connectivity index (χ3n) is 3.31. The number of nitrogens with one attached hydrogen (secondary N) is 2. The Balaban J connectivity index is 1.83. The summed E-state index contributed by atoms with van der Waals surface area (Å²) in [6, 6.07) is 0. The molecule has 0 fully saturated rings. The summed E-state index contributed by atoms with van der Waals surface area (Å²) in [5, 5.41) is 7.40. The van der Waals surface area contributed by atoms with Crippen LogP contribution in [-0.4, -0.2) is 31.6 Å². The molecule has 19 heavy (non-hydrogen) atoms. The van der Waals surface area contributed by atoms with Gasteiger partial charge in [0.2, 0.25) is 0 Å². The maximum atomic E-state index is 11.9. The lowest BCUT2D eigenvalue weighted by atomic mass is 10.1. The van der Waals surface area contributed by atoms with Crippen molar-refractivity contribution in [3.05, 3.63) is 44.3 Å². The fourth-order valence-corrected chi connectivity index (χ4v) is 2.52. The molecule has 0 spiro atoms. The number of nitrogens with zero attached hydrogens (tertiary/aromatic N) is 3. The molecular formula is C12H14ClN5O. The highest BCUT2D eigenvalue weighted by atomic mass is 35.5. The molecule has 1 aliphatic heterocycles. The molecule has 100 valence electrons. The summed E-state index contributed by atoms with van der Waals surface area (Å²) in [4.78, 5) is 21.2. The Morgan fingerprint density at radius 3 is 3.11 bits per heavy atom. The van der Waals surface area contributed by atoms with Crippen LogP contribution in [0.2, 0.25) is 5.02 Å². The van der Waals surface area contributed by atoms with E-state index in [2.05, 4.69) is 25.1 Å². The Morgan fingerprint density at radius 2 is 2.37 bits per heavy atom. The SMILES string of the molecule is Cc1nc2c(c(=O)[nH]1)CN(Cc1[nH]ncc1Cl)CC2. The van der Waals surface area contributed by atoms with Gasteiger partial charge in [0.1, 0.15) is 5.82 Å². The average molecular weight is 280 g/mol. The van der Waals surface area contributed by atoms with Crippen molar-refractivity contribution in [2.45, 2.75) is 26.4 Å². The van der Waals surface area contributed by atoms with Gasteiger partial charge >= 0.3 is 0 Å². The molecule has 0 aliphatic carbocycles. The van der Waals surface area contributed by atoms with E-state index in [0.717, 1.165) is 29.9 Å². The lowest BCUT2D eigenvalue weighted by Gasteiger charge is -2.27. The highest BCUT2D eigenvalue weighted by Gasteiger charge is 2.21. The lowest BCUT2D eigenvalue weighted by Crippen LogP contribution is -2.35. The van der Waals surface area contributed by atoms with Crippen LogP contribution in [0.4, 0.5) is 0 Å². The first-order chi connectivity index (χ1) is 9.13. The first kappa shape index (κ1) is 12.4. The van der Waals surface area contributed by atoms with Crippen LogP contribution in [0.1, 0.15) is 22.8 Å². The van der Waals surface area contributed by atoms with Gasteiger partial charge in [-0.2, -0.15) is 5.10 Å². The van der Waals surface area contributed by atoms with E-state index in [0.29, 0.717) is 23.9 Å². The van der Waals surface area contributed by atoms with E-state index < -0.39 is 0 Å². The van der Waals surface area contributed by atoms with Gasteiger partial charge in [-0.05, 0) is 6.92 Å². The van der Waals surface area contributed by atoms with Gasteiger partial charge < -0.3 is 4.98 Å². The van der Waals surface area contributed by atoms with Gasteiger partial charge in [0.15, 0.2) is 0 Å². The van der Waals surface area contributed by atoms with Crippen molar-refractivity contribution in [3.63, 3.8) is 0 Å². The summed E-state index contributed by atoms with van der Waals surface area (Å²) < 4.78 is 0. The predicted molar refractivity (Wildman–Crippen MR) is 71.0 cm³/mol. The second-order valence-electron chi connectivity index (χ2n) is 4.73. The molecule has 2 aromatic heterocycles. The molecule has 2 N–H and O–H groups in total. The quantitative estimate of drug-likeness (QED) is 0.860. The van der Waals surface area contributed by atoms with Crippen molar-refractivity contribution in [1.82, 2.24) is 25.1 Å². The zero-order chi connectivity index (χ0) is 13.4. The normalized spacial score (nSPS) is 15.5. The predicted octanol–water partition coefficient (Wildman–Crippen LogP) is 1.01. The molecule has 0 atom stereocenters. The van der Waals surface area contributed by atoms with Crippen molar-refractivity contribution < 1.29 is 0 Å². The van der Waals surface area contributed by atoms with E-state index in [-0.39, 0.29) is 5.56 Å². The summed E-state index contributed by atoms with van der Waals surface area (Å²) >= 11 is 6.01. The molecule has 0 radical (unpaired) electrons. The van der Waals surface area contributed by atoms with E-state index in [1.807, 2.05) is 0 Å². The maximum absolute atomic E-state index is 11.9. The molecule has 3 rings (SSSR count). The number of aromatic amines is 2. The molecule has 1 aliphatic rings. The molecule has 6 nitrogen and oxygen atoms in total. The van der Waals surface area contributed by atoms with Gasteiger partial charge in [0.05, 0.1) is 28.2 Å². The van der Waals surface area contributed by atoms with E-state index in [4.69, 9.17) is 11.6 Å². The number of aromatic nitrogens is 4. The third kappa shape index (κ3) is 2.41. The molecular weight excluding hydrogens is 266 g/mol. The fraction of sp³-hybridized carbons (Fsp3) is 0.417. The van der Waals surface area contributed by atoms with Gasteiger partial charge in [0.25, 0.3) is 5.56 Å². The topological polar surface area (TPSA) is 77.7 Å². The number of hydrogen-bond donors (Lipinski definition) is 2. The number of rotatable bonds is 2. The van der Waals surface area contributed by atoms with Crippen LogP contribution in [0.15, 0.2) is 11.0 Å². The average Bonchev–Trinajstić information content (AvgIpc) is 2.76. The van der Waals surface area contributed by atoms with Crippen LogP contribution in [0, 0.1) is 6.92 Å². The smallest absolute Gasteiger partial charge is 0.255 e. The summed E-state index contributed by atoms with van der Waals surface area (Å²) in [5.41, 5.74) is 2.50. The Kier molecular flexibility index (Phi) is 3.12. The molecule has 0 unspecified atom stereocenters. The van der Waals surface area contributed by atoms with Gasteiger partial charge in [-0.1, -0.05) is 11.6 Å². The van der Waals surface area contributed by atoms with Crippen LogP contribution >= 0.6 is 11.6 Å². The second kappa shape index (κ2) is 4.79. The minimum Gasteiger partial charge on any atom is -0.310 e. The molecule has 0 saturated heterocycles. The van der Waals surface area contributed by atoms with Gasteiger partial charge in [-0.15, -0.1) is 0 Å². The summed E-state index contributed by atoms with van der Waals surface area (Å²) in [7, 11) is 0. The van der Waals surface area contributed by atoms with Crippen LogP contribution < -0.4 is 5.56 Å². The van der Waals surface area contributed by atoms with Gasteiger partial charge in [0, 0.05) is 26.1 Å². The molecule has 0 saturated carbocycles. The number of halogens is 1. The van der Waals surface area contributed by atoms with Crippen molar-refractivity contribution in [2.24, 2.45) is 0 Å². The molecule has 0 bridgehead atoms. The van der Waals surface area contributed by atoms with Crippen LogP contribution in [0.3, 0.4) is 0 Å². The van der Waals surface area contributed by atoms with E-state index in [1.165, 1.54) is 0 Å². The Hall–Kier alpha value is -1.66. The van der Waals surface area contributed by atoms with Crippen molar-refractivity contribution in [1.29, 1.82) is 0 Å². The monoisotopic (exact) mass is 279 g/mol. The summed E-state index contributed by atoms with van der Waals surface area (Å²) in [6.07, 6.45) is 2.37. The zero-order valence-electron chi connectivity index (χ0n) is 10.5. The van der Waals surface area contributed by atoms with Crippen molar-refractivity contribution >= 4 is 11.6 Å². The van der Waals surface area contributed by atoms with Crippen molar-refractivity contribution in [2.75, 3.05) is 6.54 Å². The zero-order valence-corrected chi connectivity index (χ0v) is 11.3. The van der Waals surface area contributed by atoms with E-state index in [1.54, 1.807) is 13.1 Å². The number of aryl methyl sites for hydroxylation is 1. The van der Waals surface area contributed by atoms with E-state index in [9.17, 15) is 4.79 Å². The van der Waals surface area contributed by atoms with Crippen molar-refractivity contribution in [3.8, 4) is 0 Å². The first-order valence-electron chi connectivity index (χ1n) is 6.12. The maximum Gasteiger partial charge on any atom is 0.255 e. The van der Waals surface area contributed by atoms with E-state index >= 15 is 0 Å². The first-order valence-corrected chi connectivity index (χ1v) is 6.50. The molecule has 2 aromatic rings. The number of fused-ring (bicyclic) bond motifs is 1. The lowest BCUT2D eigenvalue weighted by molar-refractivity contribution is 0.238. The van der Waals surface area contributed by atoms with Crippen LogP contribution in [0.5, 0.6) is 0 Å². The molecule has 3 heterocycles. The largest absolute Gasteiger partial charge is 0.310 e. The molecule has 0 amide bonds. The Labute approximate surface area is 114 Å². The summed E-state index contributed by atoms with van der Waals surface area (Å²) in [5.74, 6) is 0.675. The number of hydrogen-bond acceptors (Lipinski definition) is 4. The highest BCUT2D eigenvalue weighted by molar-refractivity contribution is 6.31. The standard InChI is InChI=1S/C12H14ClN5O/c1-7-15-10-2-3-18(5-8(10)12(19)16-7)6-11-9(13)4-14-17-11/h4H,2-3,5-6H2,1H3,(H,14,17)(H,15,16,19). The highest BCUT2D eigenvalue weighted by Crippen LogP contribution is 2.19. The third-order valence-corrected chi connectivity index (χ3v) is 3.64. The summed E-state index contributed by atoms with van der Waals surface area (Å²) in [6.45, 7) is 3.91. The van der Waals surface area contributed by atoms with Crippen LogP contribution in [0.25, 0.3) is 0 Å². The number of H-pyrrole nitrogens is 2. The molecule has 7 heteroatoms. The Morgan fingerprint density at radius 1 is 1.53 bits per heavy atom. The molecule has 0 aromatic carbocycles. The van der Waals surface area contributed by atoms with Gasteiger partial charge in [-0.25, -0.2) is 4.98 Å². The van der Waals surface area contributed by atoms with Gasteiger partial charge in [-0.3, -0.25) is 14.8 Å².